The molecule has 0 radical (unpaired) electrons. The SMILES string of the molecule is CCCC(N)=NC1CCOCC1C. The van der Waals surface area contributed by atoms with E-state index in [1.54, 1.807) is 0 Å². The van der Waals surface area contributed by atoms with Crippen LogP contribution in [-0.4, -0.2) is 25.1 Å². The molecule has 2 N–H and O–H groups in total. The normalized spacial score (nSPS) is 30.5. The minimum absolute atomic E-state index is 0.389. The van der Waals surface area contributed by atoms with E-state index in [1.807, 2.05) is 0 Å². The lowest BCUT2D eigenvalue weighted by atomic mass is 9.98. The van der Waals surface area contributed by atoms with Crippen molar-refractivity contribution in [3.05, 3.63) is 0 Å². The Bertz CT molecular complexity index is 180. The molecule has 3 nitrogen and oxygen atoms in total. The highest BCUT2D eigenvalue weighted by Gasteiger charge is 2.20. The summed E-state index contributed by atoms with van der Waals surface area (Å²) in [5, 5.41) is 0. The summed E-state index contributed by atoms with van der Waals surface area (Å²) in [6.45, 7) is 5.95. The van der Waals surface area contributed by atoms with Crippen LogP contribution in [0.5, 0.6) is 0 Å². The monoisotopic (exact) mass is 184 g/mol. The second-order valence-corrected chi connectivity index (χ2v) is 3.78. The van der Waals surface area contributed by atoms with Crippen LogP contribution in [0.15, 0.2) is 4.99 Å². The largest absolute Gasteiger partial charge is 0.387 e. The summed E-state index contributed by atoms with van der Waals surface area (Å²) in [5.41, 5.74) is 5.79. The first-order chi connectivity index (χ1) is 6.24. The molecule has 13 heavy (non-hydrogen) atoms. The van der Waals surface area contributed by atoms with Gasteiger partial charge in [0, 0.05) is 18.9 Å². The summed E-state index contributed by atoms with van der Waals surface area (Å²) in [6, 6.07) is 0.389. The van der Waals surface area contributed by atoms with Gasteiger partial charge in [0.1, 0.15) is 0 Å². The molecule has 0 aromatic carbocycles. The zero-order valence-corrected chi connectivity index (χ0v) is 8.62. The number of hydrogen-bond donors (Lipinski definition) is 1. The first-order valence-corrected chi connectivity index (χ1v) is 5.14. The standard InChI is InChI=1S/C10H20N2O/c1-3-4-10(11)12-9-5-6-13-7-8(9)2/h8-9H,3-7H2,1-2H3,(H2,11,12). The Kier molecular flexibility index (Phi) is 4.22. The van der Waals surface area contributed by atoms with Gasteiger partial charge in [0.05, 0.1) is 18.5 Å². The molecular weight excluding hydrogens is 164 g/mol. The van der Waals surface area contributed by atoms with E-state index in [2.05, 4.69) is 18.8 Å². The molecule has 0 amide bonds. The summed E-state index contributed by atoms with van der Waals surface area (Å²) >= 11 is 0. The fourth-order valence-electron chi connectivity index (χ4n) is 1.59. The molecular formula is C10H20N2O. The quantitative estimate of drug-likeness (QED) is 0.534. The fraction of sp³-hybridized carbons (Fsp3) is 0.900. The Morgan fingerprint density at radius 1 is 1.62 bits per heavy atom. The van der Waals surface area contributed by atoms with E-state index < -0.39 is 0 Å². The Morgan fingerprint density at radius 2 is 2.38 bits per heavy atom. The Hall–Kier alpha value is -0.570. The van der Waals surface area contributed by atoms with Crippen molar-refractivity contribution in [2.75, 3.05) is 13.2 Å². The van der Waals surface area contributed by atoms with Crippen LogP contribution in [0.1, 0.15) is 33.1 Å². The molecule has 1 aliphatic heterocycles. The zero-order valence-electron chi connectivity index (χ0n) is 8.62. The van der Waals surface area contributed by atoms with Crippen LogP contribution in [-0.2, 0) is 4.74 Å². The van der Waals surface area contributed by atoms with Crippen molar-refractivity contribution < 1.29 is 4.74 Å². The molecule has 0 aromatic rings. The topological polar surface area (TPSA) is 47.6 Å². The molecule has 1 fully saturated rings. The van der Waals surface area contributed by atoms with Gasteiger partial charge >= 0.3 is 0 Å². The number of hydrogen-bond acceptors (Lipinski definition) is 2. The molecule has 0 aliphatic carbocycles. The number of amidine groups is 1. The third-order valence-electron chi connectivity index (χ3n) is 2.43. The Labute approximate surface area is 80.4 Å². The highest BCUT2D eigenvalue weighted by atomic mass is 16.5. The van der Waals surface area contributed by atoms with Crippen LogP contribution in [0.25, 0.3) is 0 Å². The van der Waals surface area contributed by atoms with Crippen LogP contribution < -0.4 is 5.73 Å². The number of aliphatic imine (C=N–C) groups is 1. The van der Waals surface area contributed by atoms with Gasteiger partial charge in [-0.1, -0.05) is 13.8 Å². The molecule has 0 spiro atoms. The maximum atomic E-state index is 5.79. The van der Waals surface area contributed by atoms with Crippen LogP contribution in [0.2, 0.25) is 0 Å². The predicted molar refractivity (Wildman–Crippen MR) is 54.9 cm³/mol. The summed E-state index contributed by atoms with van der Waals surface area (Å²) in [4.78, 5) is 4.52. The summed E-state index contributed by atoms with van der Waals surface area (Å²) in [7, 11) is 0. The van der Waals surface area contributed by atoms with Crippen LogP contribution in [0, 0.1) is 5.92 Å². The molecule has 0 bridgehead atoms. The average Bonchev–Trinajstić information content (AvgIpc) is 2.09. The van der Waals surface area contributed by atoms with Gasteiger partial charge < -0.3 is 10.5 Å². The summed E-state index contributed by atoms with van der Waals surface area (Å²) in [5.74, 6) is 1.32. The third-order valence-corrected chi connectivity index (χ3v) is 2.43. The molecule has 1 aliphatic rings. The van der Waals surface area contributed by atoms with Crippen molar-refractivity contribution in [2.45, 2.75) is 39.2 Å². The molecule has 0 saturated carbocycles. The van der Waals surface area contributed by atoms with Crippen molar-refractivity contribution in [1.82, 2.24) is 0 Å². The van der Waals surface area contributed by atoms with Gasteiger partial charge in [-0.2, -0.15) is 0 Å². The van der Waals surface area contributed by atoms with Crippen molar-refractivity contribution in [3.8, 4) is 0 Å². The smallest absolute Gasteiger partial charge is 0.0940 e. The van der Waals surface area contributed by atoms with Gasteiger partial charge in [-0.05, 0) is 12.8 Å². The molecule has 0 aromatic heterocycles. The van der Waals surface area contributed by atoms with Crippen molar-refractivity contribution >= 4 is 5.84 Å². The van der Waals surface area contributed by atoms with Crippen LogP contribution in [0.3, 0.4) is 0 Å². The molecule has 2 unspecified atom stereocenters. The second kappa shape index (κ2) is 5.22. The van der Waals surface area contributed by atoms with E-state index in [0.717, 1.165) is 38.3 Å². The van der Waals surface area contributed by atoms with E-state index in [-0.39, 0.29) is 0 Å². The van der Waals surface area contributed by atoms with E-state index in [9.17, 15) is 0 Å². The van der Waals surface area contributed by atoms with Gasteiger partial charge in [0.25, 0.3) is 0 Å². The molecule has 2 atom stereocenters. The lowest BCUT2D eigenvalue weighted by molar-refractivity contribution is 0.0496. The maximum absolute atomic E-state index is 5.79. The molecule has 3 heteroatoms. The highest BCUT2D eigenvalue weighted by Crippen LogP contribution is 2.17. The number of nitrogens with zero attached hydrogens (tertiary/aromatic N) is 1. The van der Waals surface area contributed by atoms with Crippen LogP contribution in [0.4, 0.5) is 0 Å². The molecule has 1 rings (SSSR count). The Morgan fingerprint density at radius 3 is 3.00 bits per heavy atom. The molecule has 1 saturated heterocycles. The van der Waals surface area contributed by atoms with E-state index in [1.165, 1.54) is 0 Å². The summed E-state index contributed by atoms with van der Waals surface area (Å²) < 4.78 is 5.34. The number of ether oxygens (including phenoxy) is 1. The van der Waals surface area contributed by atoms with E-state index in [4.69, 9.17) is 10.5 Å². The molecule has 1 heterocycles. The second-order valence-electron chi connectivity index (χ2n) is 3.78. The van der Waals surface area contributed by atoms with Crippen molar-refractivity contribution in [1.29, 1.82) is 0 Å². The van der Waals surface area contributed by atoms with Gasteiger partial charge in [0.2, 0.25) is 0 Å². The third kappa shape index (κ3) is 3.35. The first-order valence-electron chi connectivity index (χ1n) is 5.14. The van der Waals surface area contributed by atoms with Crippen molar-refractivity contribution in [3.63, 3.8) is 0 Å². The van der Waals surface area contributed by atoms with Gasteiger partial charge in [-0.3, -0.25) is 4.99 Å². The fourth-order valence-corrected chi connectivity index (χ4v) is 1.59. The lowest BCUT2D eigenvalue weighted by Gasteiger charge is -2.26. The zero-order chi connectivity index (χ0) is 9.68. The average molecular weight is 184 g/mol. The predicted octanol–water partition coefficient (Wildman–Crippen LogP) is 1.57. The van der Waals surface area contributed by atoms with Crippen LogP contribution >= 0.6 is 0 Å². The first kappa shape index (κ1) is 10.5. The Balaban J connectivity index is 2.44. The maximum Gasteiger partial charge on any atom is 0.0940 e. The van der Waals surface area contributed by atoms with E-state index >= 15 is 0 Å². The van der Waals surface area contributed by atoms with E-state index in [0.29, 0.717) is 12.0 Å². The minimum atomic E-state index is 0.389. The van der Waals surface area contributed by atoms with Gasteiger partial charge in [-0.25, -0.2) is 0 Å². The van der Waals surface area contributed by atoms with Gasteiger partial charge in [-0.15, -0.1) is 0 Å². The van der Waals surface area contributed by atoms with Crippen molar-refractivity contribution in [2.24, 2.45) is 16.6 Å². The molecule has 76 valence electrons. The lowest BCUT2D eigenvalue weighted by Crippen LogP contribution is -2.30. The van der Waals surface area contributed by atoms with Gasteiger partial charge in [0.15, 0.2) is 0 Å². The number of rotatable bonds is 3. The number of nitrogens with two attached hydrogens (primary N) is 1. The highest BCUT2D eigenvalue weighted by molar-refractivity contribution is 5.80. The summed E-state index contributed by atoms with van der Waals surface area (Å²) in [6.07, 6.45) is 3.02. The minimum Gasteiger partial charge on any atom is -0.387 e.